The molecular weight excluding hydrogens is 304 g/mol. The maximum Gasteiger partial charge on any atom is 0.225 e. The summed E-state index contributed by atoms with van der Waals surface area (Å²) in [5, 5.41) is 10.6. The monoisotopic (exact) mass is 334 g/mol. The van der Waals surface area contributed by atoms with Crippen LogP contribution in [0.15, 0.2) is 12.4 Å². The quantitative estimate of drug-likeness (QED) is 0.773. The Balaban J connectivity index is 1.43. The van der Waals surface area contributed by atoms with E-state index < -0.39 is 0 Å². The van der Waals surface area contributed by atoms with E-state index in [1.54, 1.807) is 4.68 Å². The lowest BCUT2D eigenvalue weighted by Gasteiger charge is -2.28. The Bertz CT molecular complexity index is 545. The lowest BCUT2D eigenvalue weighted by atomic mass is 9.88. The number of hydrogen-bond donors (Lipinski definition) is 2. The zero-order valence-corrected chi connectivity index (χ0v) is 14.8. The number of rotatable bonds is 6. The first kappa shape index (κ1) is 17.4. The fraction of sp³-hybridized carbons (Fsp3) is 0.778. The fourth-order valence-electron chi connectivity index (χ4n) is 3.98. The van der Waals surface area contributed by atoms with Crippen molar-refractivity contribution in [2.45, 2.75) is 44.6 Å². The number of ether oxygens (including phenoxy) is 1. The van der Waals surface area contributed by atoms with Gasteiger partial charge in [-0.05, 0) is 24.3 Å². The third-order valence-electron chi connectivity index (χ3n) is 5.47. The normalized spacial score (nSPS) is 30.4. The summed E-state index contributed by atoms with van der Waals surface area (Å²) in [5.74, 6) is 0.943. The molecule has 0 radical (unpaired) electrons. The van der Waals surface area contributed by atoms with E-state index in [0.717, 1.165) is 25.1 Å². The summed E-state index contributed by atoms with van der Waals surface area (Å²) in [7, 11) is 1.91. The van der Waals surface area contributed by atoms with E-state index in [1.165, 1.54) is 19.3 Å². The van der Waals surface area contributed by atoms with E-state index in [2.05, 4.69) is 22.7 Å². The molecule has 4 atom stereocenters. The predicted octanol–water partition coefficient (Wildman–Crippen LogP) is 1.43. The minimum absolute atomic E-state index is 0.0252. The topological polar surface area (TPSA) is 68.2 Å². The molecule has 0 aromatic carbocycles. The number of carbonyl (C=O) groups is 1. The van der Waals surface area contributed by atoms with Gasteiger partial charge in [-0.3, -0.25) is 9.48 Å². The maximum absolute atomic E-state index is 12.5. The molecule has 0 spiro atoms. The van der Waals surface area contributed by atoms with Crippen LogP contribution in [0.1, 0.15) is 44.1 Å². The van der Waals surface area contributed by atoms with Gasteiger partial charge in [-0.25, -0.2) is 0 Å². The summed E-state index contributed by atoms with van der Waals surface area (Å²) in [5.41, 5.74) is 1.13. The molecule has 1 aromatic heterocycles. The number of nitrogens with zero attached hydrogens (tertiary/aromatic N) is 2. The van der Waals surface area contributed by atoms with E-state index in [0.29, 0.717) is 25.2 Å². The first-order valence-corrected chi connectivity index (χ1v) is 9.23. The minimum Gasteiger partial charge on any atom is -0.376 e. The molecule has 24 heavy (non-hydrogen) atoms. The highest BCUT2D eigenvalue weighted by Gasteiger charge is 2.34. The Morgan fingerprint density at radius 3 is 3.00 bits per heavy atom. The third kappa shape index (κ3) is 4.16. The second-order valence-electron chi connectivity index (χ2n) is 7.28. The first-order valence-electron chi connectivity index (χ1n) is 9.23. The van der Waals surface area contributed by atoms with Crippen molar-refractivity contribution in [2.24, 2.45) is 18.9 Å². The molecule has 3 rings (SSSR count). The fourth-order valence-corrected chi connectivity index (χ4v) is 3.98. The predicted molar refractivity (Wildman–Crippen MR) is 92.7 cm³/mol. The Morgan fingerprint density at radius 1 is 1.42 bits per heavy atom. The van der Waals surface area contributed by atoms with Gasteiger partial charge in [-0.1, -0.05) is 19.8 Å². The largest absolute Gasteiger partial charge is 0.376 e. The summed E-state index contributed by atoms with van der Waals surface area (Å²) in [6.45, 7) is 5.04. The summed E-state index contributed by atoms with van der Waals surface area (Å²) < 4.78 is 7.77. The molecule has 2 unspecified atom stereocenters. The Morgan fingerprint density at radius 2 is 2.25 bits per heavy atom. The zero-order valence-electron chi connectivity index (χ0n) is 14.8. The number of nitrogens with one attached hydrogen (secondary N) is 2. The average molecular weight is 334 g/mol. The molecule has 0 bridgehead atoms. The highest BCUT2D eigenvalue weighted by molar-refractivity contribution is 5.80. The number of carbonyl (C=O) groups excluding carboxylic acids is 1. The lowest BCUT2D eigenvalue weighted by molar-refractivity contribution is -0.125. The Hall–Kier alpha value is -1.40. The molecular formula is C18H30N4O2. The van der Waals surface area contributed by atoms with Gasteiger partial charge in [0.1, 0.15) is 0 Å². The van der Waals surface area contributed by atoms with Gasteiger partial charge in [-0.15, -0.1) is 0 Å². The van der Waals surface area contributed by atoms with Crippen molar-refractivity contribution in [3.8, 4) is 0 Å². The van der Waals surface area contributed by atoms with E-state index in [1.807, 2.05) is 19.4 Å². The van der Waals surface area contributed by atoms with Crippen molar-refractivity contribution in [3.63, 3.8) is 0 Å². The molecule has 1 amide bonds. The molecule has 1 aliphatic heterocycles. The molecule has 2 heterocycles. The maximum atomic E-state index is 12.5. The third-order valence-corrected chi connectivity index (χ3v) is 5.47. The van der Waals surface area contributed by atoms with Crippen LogP contribution in [0.4, 0.5) is 0 Å². The molecule has 1 saturated heterocycles. The summed E-state index contributed by atoms with van der Waals surface area (Å²) in [4.78, 5) is 12.5. The molecule has 1 aromatic rings. The summed E-state index contributed by atoms with van der Waals surface area (Å²) in [6, 6.07) is 0. The van der Waals surface area contributed by atoms with Crippen LogP contribution < -0.4 is 10.6 Å². The lowest BCUT2D eigenvalue weighted by Crippen LogP contribution is -2.37. The Labute approximate surface area is 144 Å². The van der Waals surface area contributed by atoms with Gasteiger partial charge in [0.2, 0.25) is 5.91 Å². The van der Waals surface area contributed by atoms with Crippen LogP contribution >= 0.6 is 0 Å². The molecule has 2 fully saturated rings. The van der Waals surface area contributed by atoms with Crippen molar-refractivity contribution in [2.75, 3.05) is 26.2 Å². The van der Waals surface area contributed by atoms with Gasteiger partial charge >= 0.3 is 0 Å². The molecule has 1 saturated carbocycles. The van der Waals surface area contributed by atoms with Crippen LogP contribution in [0.5, 0.6) is 0 Å². The van der Waals surface area contributed by atoms with Gasteiger partial charge < -0.3 is 15.4 Å². The van der Waals surface area contributed by atoms with Gasteiger partial charge in [0.05, 0.1) is 24.8 Å². The van der Waals surface area contributed by atoms with Gasteiger partial charge in [-0.2, -0.15) is 5.10 Å². The molecule has 2 aliphatic rings. The smallest absolute Gasteiger partial charge is 0.225 e. The van der Waals surface area contributed by atoms with Gasteiger partial charge in [0.15, 0.2) is 0 Å². The second-order valence-corrected chi connectivity index (χ2v) is 7.28. The van der Waals surface area contributed by atoms with Gasteiger partial charge in [0, 0.05) is 38.8 Å². The highest BCUT2D eigenvalue weighted by atomic mass is 16.5. The zero-order chi connectivity index (χ0) is 16.9. The van der Waals surface area contributed by atoms with E-state index in [4.69, 9.17) is 4.74 Å². The molecule has 6 nitrogen and oxygen atoms in total. The van der Waals surface area contributed by atoms with Crippen LogP contribution in [-0.4, -0.2) is 48.0 Å². The van der Waals surface area contributed by atoms with Crippen molar-refractivity contribution in [1.82, 2.24) is 20.4 Å². The van der Waals surface area contributed by atoms with Crippen LogP contribution in [0, 0.1) is 11.8 Å². The first-order chi connectivity index (χ1) is 11.6. The van der Waals surface area contributed by atoms with Crippen molar-refractivity contribution in [3.05, 3.63) is 18.0 Å². The highest BCUT2D eigenvalue weighted by Crippen LogP contribution is 2.28. The van der Waals surface area contributed by atoms with E-state index in [9.17, 15) is 4.79 Å². The summed E-state index contributed by atoms with van der Waals surface area (Å²) in [6.07, 6.45) is 9.25. The summed E-state index contributed by atoms with van der Waals surface area (Å²) >= 11 is 0. The molecule has 6 heteroatoms. The minimum atomic E-state index is -0.0252. The average Bonchev–Trinajstić information content (AvgIpc) is 3.21. The van der Waals surface area contributed by atoms with E-state index >= 15 is 0 Å². The number of amides is 1. The molecule has 2 N–H and O–H groups in total. The van der Waals surface area contributed by atoms with Crippen molar-refractivity contribution >= 4 is 5.91 Å². The van der Waals surface area contributed by atoms with Crippen LogP contribution in [0.3, 0.4) is 0 Å². The van der Waals surface area contributed by atoms with E-state index in [-0.39, 0.29) is 17.7 Å². The van der Waals surface area contributed by atoms with Crippen LogP contribution in [0.2, 0.25) is 0 Å². The van der Waals surface area contributed by atoms with Crippen LogP contribution in [-0.2, 0) is 16.6 Å². The second kappa shape index (κ2) is 8.12. The Kier molecular flexibility index (Phi) is 5.89. The van der Waals surface area contributed by atoms with Crippen molar-refractivity contribution < 1.29 is 9.53 Å². The van der Waals surface area contributed by atoms with Gasteiger partial charge in [0.25, 0.3) is 0 Å². The SMILES string of the molecule is CC1CCCCC1OCCNC(=O)[C@H]1CNC[C@@H]1c1cnn(C)c1. The molecule has 1 aliphatic carbocycles. The number of aryl methyl sites for hydroxylation is 1. The number of aromatic nitrogens is 2. The van der Waals surface area contributed by atoms with Crippen LogP contribution in [0.25, 0.3) is 0 Å². The molecule has 134 valence electrons. The number of hydrogen-bond acceptors (Lipinski definition) is 4. The van der Waals surface area contributed by atoms with Crippen molar-refractivity contribution in [1.29, 1.82) is 0 Å². The standard InChI is InChI=1S/C18H30N4O2/c1-13-5-3-4-6-17(13)24-8-7-20-18(23)16-11-19-10-15(16)14-9-21-22(2)12-14/h9,12-13,15-17,19H,3-8,10-11H2,1-2H3,(H,20,23)/t13?,15-,16+,17?/m1/s1.